The average molecular weight is 390 g/mol. The third-order valence-electron chi connectivity index (χ3n) is 3.44. The van der Waals surface area contributed by atoms with Gasteiger partial charge in [-0.25, -0.2) is 9.59 Å². The number of carboxylic acids is 2. The summed E-state index contributed by atoms with van der Waals surface area (Å²) in [7, 11) is 0. The van der Waals surface area contributed by atoms with E-state index < -0.39 is 11.9 Å². The Labute approximate surface area is 159 Å². The van der Waals surface area contributed by atoms with Gasteiger partial charge in [-0.05, 0) is 50.5 Å². The smallest absolute Gasteiger partial charge is 0.414 e. The van der Waals surface area contributed by atoms with Crippen LogP contribution in [0.25, 0.3) is 0 Å². The summed E-state index contributed by atoms with van der Waals surface area (Å²) in [6, 6.07) is 4.47. The minimum Gasteiger partial charge on any atom is -0.491 e. The van der Waals surface area contributed by atoms with E-state index in [1.165, 1.54) is 0 Å². The van der Waals surface area contributed by atoms with Crippen molar-refractivity contribution in [2.75, 3.05) is 26.4 Å². The van der Waals surface area contributed by atoms with Crippen molar-refractivity contribution in [3.05, 3.63) is 28.3 Å². The van der Waals surface area contributed by atoms with Gasteiger partial charge >= 0.3 is 11.9 Å². The molecule has 26 heavy (non-hydrogen) atoms. The lowest BCUT2D eigenvalue weighted by atomic mass is 10.1. The lowest BCUT2D eigenvalue weighted by Gasteiger charge is -2.12. The largest absolute Gasteiger partial charge is 0.491 e. The van der Waals surface area contributed by atoms with Crippen molar-refractivity contribution in [3.63, 3.8) is 0 Å². The van der Waals surface area contributed by atoms with E-state index in [2.05, 4.69) is 19.2 Å². The van der Waals surface area contributed by atoms with E-state index in [1.54, 1.807) is 0 Å². The number of hydrogen-bond acceptors (Lipinski definition) is 5. The fourth-order valence-corrected chi connectivity index (χ4v) is 1.94. The summed E-state index contributed by atoms with van der Waals surface area (Å²) in [5, 5.41) is 19.0. The van der Waals surface area contributed by atoms with E-state index in [9.17, 15) is 0 Å². The van der Waals surface area contributed by atoms with Crippen LogP contribution < -0.4 is 10.1 Å². The van der Waals surface area contributed by atoms with E-state index in [-0.39, 0.29) is 0 Å². The van der Waals surface area contributed by atoms with E-state index in [1.807, 2.05) is 26.0 Å². The van der Waals surface area contributed by atoms with Crippen molar-refractivity contribution < 1.29 is 29.3 Å². The minimum atomic E-state index is -1.82. The van der Waals surface area contributed by atoms with E-state index in [4.69, 9.17) is 40.9 Å². The molecule has 0 saturated carbocycles. The molecule has 0 spiro atoms. The predicted octanol–water partition coefficient (Wildman–Crippen LogP) is 2.90. The second-order valence-corrected chi connectivity index (χ2v) is 6.08. The standard InChI is InChI=1S/C16H26ClNO2.C2H2O4/c1-5-14(4)18-6-7-19-8-9-20-15-10-12(2)16(17)13(3)11-15;3-1(4)2(5)6/h10-11,14,18H,5-9H2,1-4H3;(H,3,4)(H,5,6). The molecule has 8 heteroatoms. The molecular weight excluding hydrogens is 362 g/mol. The van der Waals surface area contributed by atoms with Crippen LogP contribution in [0.2, 0.25) is 5.02 Å². The first-order valence-corrected chi connectivity index (χ1v) is 8.73. The molecular formula is C18H28ClNO6. The van der Waals surface area contributed by atoms with Gasteiger partial charge in [0, 0.05) is 17.6 Å². The van der Waals surface area contributed by atoms with Crippen molar-refractivity contribution in [3.8, 4) is 5.75 Å². The van der Waals surface area contributed by atoms with Crippen LogP contribution in [-0.2, 0) is 14.3 Å². The highest BCUT2D eigenvalue weighted by molar-refractivity contribution is 6.32. The molecule has 7 nitrogen and oxygen atoms in total. The Balaban J connectivity index is 0.000000896. The van der Waals surface area contributed by atoms with Gasteiger partial charge in [-0.3, -0.25) is 0 Å². The molecule has 1 aromatic carbocycles. The fraction of sp³-hybridized carbons (Fsp3) is 0.556. The Hall–Kier alpha value is -1.83. The van der Waals surface area contributed by atoms with Crippen molar-refractivity contribution in [2.45, 2.75) is 40.2 Å². The number of aliphatic carboxylic acids is 2. The summed E-state index contributed by atoms with van der Waals surface area (Å²) in [5.74, 6) is -2.80. The monoisotopic (exact) mass is 389 g/mol. The number of rotatable bonds is 9. The van der Waals surface area contributed by atoms with Gasteiger partial charge < -0.3 is 25.0 Å². The number of benzene rings is 1. The van der Waals surface area contributed by atoms with Crippen LogP contribution in [0.3, 0.4) is 0 Å². The molecule has 0 radical (unpaired) electrons. The zero-order chi connectivity index (χ0) is 20.1. The van der Waals surface area contributed by atoms with Crippen LogP contribution in [0.4, 0.5) is 0 Å². The molecule has 1 aromatic rings. The van der Waals surface area contributed by atoms with Crippen molar-refractivity contribution in [2.24, 2.45) is 0 Å². The maximum Gasteiger partial charge on any atom is 0.414 e. The quantitative estimate of drug-likeness (QED) is 0.440. The first kappa shape index (κ1) is 24.2. The van der Waals surface area contributed by atoms with Gasteiger partial charge in [0.05, 0.1) is 13.2 Å². The van der Waals surface area contributed by atoms with Gasteiger partial charge in [0.1, 0.15) is 12.4 Å². The molecule has 0 aromatic heterocycles. The van der Waals surface area contributed by atoms with Crippen LogP contribution in [0.1, 0.15) is 31.4 Å². The maximum atomic E-state index is 9.10. The normalized spacial score (nSPS) is 11.3. The van der Waals surface area contributed by atoms with Crippen LogP contribution in [0.15, 0.2) is 12.1 Å². The number of halogens is 1. The molecule has 0 bridgehead atoms. The second kappa shape index (κ2) is 13.4. The summed E-state index contributed by atoms with van der Waals surface area (Å²) in [5.41, 5.74) is 2.08. The fourth-order valence-electron chi connectivity index (χ4n) is 1.83. The Morgan fingerprint density at radius 1 is 1.12 bits per heavy atom. The zero-order valence-electron chi connectivity index (χ0n) is 15.7. The highest BCUT2D eigenvalue weighted by Gasteiger charge is 2.04. The third kappa shape index (κ3) is 10.9. The molecule has 0 aliphatic rings. The Morgan fingerprint density at radius 3 is 2.12 bits per heavy atom. The zero-order valence-corrected chi connectivity index (χ0v) is 16.4. The number of ether oxygens (including phenoxy) is 2. The molecule has 0 saturated heterocycles. The molecule has 1 rings (SSSR count). The Morgan fingerprint density at radius 2 is 1.65 bits per heavy atom. The second-order valence-electron chi connectivity index (χ2n) is 5.71. The van der Waals surface area contributed by atoms with Crippen molar-refractivity contribution >= 4 is 23.5 Å². The van der Waals surface area contributed by atoms with E-state index in [0.717, 1.165) is 34.9 Å². The summed E-state index contributed by atoms with van der Waals surface area (Å²) in [6.45, 7) is 11.1. The van der Waals surface area contributed by atoms with Crippen LogP contribution in [-0.4, -0.2) is 54.6 Å². The highest BCUT2D eigenvalue weighted by Crippen LogP contribution is 2.25. The van der Waals surface area contributed by atoms with Gasteiger partial charge in [0.15, 0.2) is 0 Å². The first-order chi connectivity index (χ1) is 12.2. The Bertz CT molecular complexity index is 544. The molecule has 0 aliphatic heterocycles. The van der Waals surface area contributed by atoms with Gasteiger partial charge in [0.2, 0.25) is 0 Å². The lowest BCUT2D eigenvalue weighted by Crippen LogP contribution is -2.29. The molecule has 1 atom stereocenters. The summed E-state index contributed by atoms with van der Waals surface area (Å²) < 4.78 is 11.2. The molecule has 148 valence electrons. The maximum absolute atomic E-state index is 9.10. The van der Waals surface area contributed by atoms with Gasteiger partial charge in [-0.2, -0.15) is 0 Å². The molecule has 0 heterocycles. The third-order valence-corrected chi connectivity index (χ3v) is 4.04. The molecule has 1 unspecified atom stereocenters. The van der Waals surface area contributed by atoms with Crippen molar-refractivity contribution in [1.82, 2.24) is 5.32 Å². The van der Waals surface area contributed by atoms with Crippen LogP contribution in [0.5, 0.6) is 5.75 Å². The number of aryl methyl sites for hydroxylation is 2. The summed E-state index contributed by atoms with van der Waals surface area (Å²) in [6.07, 6.45) is 1.14. The van der Waals surface area contributed by atoms with E-state index in [0.29, 0.717) is 25.9 Å². The SMILES string of the molecule is CCC(C)NCCOCCOc1cc(C)c(Cl)c(C)c1.O=C(O)C(=O)O. The number of nitrogens with one attached hydrogen (secondary N) is 1. The summed E-state index contributed by atoms with van der Waals surface area (Å²) in [4.78, 5) is 18.2. The van der Waals surface area contributed by atoms with Gasteiger partial charge in [0.25, 0.3) is 0 Å². The van der Waals surface area contributed by atoms with Gasteiger partial charge in [-0.1, -0.05) is 18.5 Å². The van der Waals surface area contributed by atoms with E-state index >= 15 is 0 Å². The summed E-state index contributed by atoms with van der Waals surface area (Å²) >= 11 is 6.12. The number of carbonyl (C=O) groups is 2. The lowest BCUT2D eigenvalue weighted by molar-refractivity contribution is -0.159. The van der Waals surface area contributed by atoms with Gasteiger partial charge in [-0.15, -0.1) is 0 Å². The first-order valence-electron chi connectivity index (χ1n) is 8.35. The van der Waals surface area contributed by atoms with Crippen LogP contribution in [0, 0.1) is 13.8 Å². The van der Waals surface area contributed by atoms with Crippen LogP contribution >= 0.6 is 11.6 Å². The molecule has 0 aliphatic carbocycles. The Kier molecular flexibility index (Phi) is 12.4. The van der Waals surface area contributed by atoms with Crippen molar-refractivity contribution in [1.29, 1.82) is 0 Å². The number of carboxylic acid groups (broad SMARTS) is 2. The minimum absolute atomic E-state index is 0.551. The number of hydrogen-bond donors (Lipinski definition) is 3. The highest BCUT2D eigenvalue weighted by atomic mass is 35.5. The molecule has 0 amide bonds. The predicted molar refractivity (Wildman–Crippen MR) is 100 cm³/mol. The molecule has 0 fully saturated rings. The topological polar surface area (TPSA) is 105 Å². The molecule has 3 N–H and O–H groups in total. The average Bonchev–Trinajstić information content (AvgIpc) is 2.58.